The molecule has 1 atom stereocenters. The van der Waals surface area contributed by atoms with E-state index in [0.29, 0.717) is 13.2 Å². The molecular formula is C14H20N2O2. The Labute approximate surface area is 108 Å². The lowest BCUT2D eigenvalue weighted by molar-refractivity contribution is -0.132. The van der Waals surface area contributed by atoms with E-state index in [1.54, 1.807) is 11.9 Å². The third-order valence-electron chi connectivity index (χ3n) is 3.32. The molecule has 1 fully saturated rings. The number of nitrogens with zero attached hydrogens (tertiary/aromatic N) is 1. The van der Waals surface area contributed by atoms with Crippen LogP contribution in [0.2, 0.25) is 0 Å². The van der Waals surface area contributed by atoms with Crippen LogP contribution in [-0.2, 0) is 16.1 Å². The fraction of sp³-hybridized carbons (Fsp3) is 0.500. The maximum Gasteiger partial charge on any atom is 0.255 e. The van der Waals surface area contributed by atoms with Gasteiger partial charge in [0.1, 0.15) is 6.10 Å². The van der Waals surface area contributed by atoms with Crippen LogP contribution in [0, 0.1) is 0 Å². The molecule has 1 heterocycles. The Morgan fingerprint density at radius 2 is 2.33 bits per heavy atom. The number of carbonyl (C=O) groups is 1. The highest BCUT2D eigenvalue weighted by Crippen LogP contribution is 2.20. The molecule has 2 rings (SSSR count). The van der Waals surface area contributed by atoms with E-state index in [9.17, 15) is 4.79 Å². The van der Waals surface area contributed by atoms with Gasteiger partial charge in [0.2, 0.25) is 0 Å². The number of hydrogen-bond acceptors (Lipinski definition) is 3. The van der Waals surface area contributed by atoms with E-state index in [1.165, 1.54) is 0 Å². The summed E-state index contributed by atoms with van der Waals surface area (Å²) in [6.45, 7) is 1.17. The summed E-state index contributed by atoms with van der Waals surface area (Å²) in [7, 11) is 1.79. The second kappa shape index (κ2) is 5.98. The van der Waals surface area contributed by atoms with Gasteiger partial charge in [0.15, 0.2) is 0 Å². The van der Waals surface area contributed by atoms with Crippen LogP contribution < -0.4 is 10.6 Å². The van der Waals surface area contributed by atoms with E-state index < -0.39 is 0 Å². The molecule has 0 saturated carbocycles. The number of amides is 1. The van der Waals surface area contributed by atoms with Crippen molar-refractivity contribution in [3.8, 4) is 0 Å². The quantitative estimate of drug-likeness (QED) is 0.885. The number of likely N-dealkylation sites (N-methyl/N-ethyl adjacent to an activating group) is 1. The van der Waals surface area contributed by atoms with Gasteiger partial charge in [-0.2, -0.15) is 0 Å². The fourth-order valence-corrected chi connectivity index (χ4v) is 2.17. The molecule has 1 aromatic carbocycles. The van der Waals surface area contributed by atoms with E-state index >= 15 is 0 Å². The van der Waals surface area contributed by atoms with E-state index in [-0.39, 0.29) is 12.0 Å². The van der Waals surface area contributed by atoms with Gasteiger partial charge in [-0.25, -0.2) is 0 Å². The molecule has 0 radical (unpaired) electrons. The van der Waals surface area contributed by atoms with Gasteiger partial charge >= 0.3 is 0 Å². The van der Waals surface area contributed by atoms with Crippen LogP contribution in [0.5, 0.6) is 0 Å². The summed E-state index contributed by atoms with van der Waals surface area (Å²) in [6.07, 6.45) is 2.65. The summed E-state index contributed by atoms with van der Waals surface area (Å²) in [4.78, 5) is 13.9. The first kappa shape index (κ1) is 13.1. The average Bonchev–Trinajstić information content (AvgIpc) is 2.46. The smallest absolute Gasteiger partial charge is 0.255 e. The minimum absolute atomic E-state index is 0.0314. The molecular weight excluding hydrogens is 228 g/mol. The van der Waals surface area contributed by atoms with Crippen molar-refractivity contribution in [3.05, 3.63) is 29.8 Å². The Morgan fingerprint density at radius 1 is 1.50 bits per heavy atom. The van der Waals surface area contributed by atoms with Crippen molar-refractivity contribution in [2.45, 2.75) is 31.9 Å². The normalized spacial score (nSPS) is 19.6. The number of hydrogen-bond donors (Lipinski definition) is 1. The van der Waals surface area contributed by atoms with Gasteiger partial charge in [0, 0.05) is 25.9 Å². The molecule has 1 saturated heterocycles. The summed E-state index contributed by atoms with van der Waals surface area (Å²) in [5.74, 6) is 0.0314. The van der Waals surface area contributed by atoms with Crippen LogP contribution in [0.3, 0.4) is 0 Å². The second-order valence-electron chi connectivity index (χ2n) is 4.63. The predicted molar refractivity (Wildman–Crippen MR) is 71.3 cm³/mol. The molecule has 1 aliphatic heterocycles. The maximum atomic E-state index is 12.3. The summed E-state index contributed by atoms with van der Waals surface area (Å²) >= 11 is 0. The lowest BCUT2D eigenvalue weighted by atomic mass is 10.1. The van der Waals surface area contributed by atoms with Crippen LogP contribution in [0.4, 0.5) is 5.69 Å². The predicted octanol–water partition coefficient (Wildman–Crippen LogP) is 1.68. The van der Waals surface area contributed by atoms with Crippen molar-refractivity contribution >= 4 is 11.6 Å². The van der Waals surface area contributed by atoms with Gasteiger partial charge in [0.25, 0.3) is 5.91 Å². The number of ether oxygens (including phenoxy) is 1. The second-order valence-corrected chi connectivity index (χ2v) is 4.63. The minimum Gasteiger partial charge on any atom is -0.368 e. The van der Waals surface area contributed by atoms with Crippen LogP contribution in [-0.4, -0.2) is 25.7 Å². The first-order chi connectivity index (χ1) is 8.72. The van der Waals surface area contributed by atoms with Crippen molar-refractivity contribution in [3.63, 3.8) is 0 Å². The van der Waals surface area contributed by atoms with Crippen molar-refractivity contribution in [2.24, 2.45) is 5.73 Å². The Morgan fingerprint density at radius 3 is 3.00 bits per heavy atom. The first-order valence-corrected chi connectivity index (χ1v) is 6.40. The Hall–Kier alpha value is -1.39. The monoisotopic (exact) mass is 248 g/mol. The van der Waals surface area contributed by atoms with E-state index in [4.69, 9.17) is 10.5 Å². The molecule has 0 spiro atoms. The lowest BCUT2D eigenvalue weighted by Gasteiger charge is -2.27. The zero-order valence-electron chi connectivity index (χ0n) is 10.8. The summed E-state index contributed by atoms with van der Waals surface area (Å²) < 4.78 is 5.52. The molecule has 0 bridgehead atoms. The number of benzene rings is 1. The molecule has 18 heavy (non-hydrogen) atoms. The topological polar surface area (TPSA) is 55.6 Å². The van der Waals surface area contributed by atoms with Crippen LogP contribution in [0.1, 0.15) is 24.8 Å². The van der Waals surface area contributed by atoms with Gasteiger partial charge in [0.05, 0.1) is 0 Å². The van der Waals surface area contributed by atoms with Gasteiger partial charge in [-0.1, -0.05) is 12.1 Å². The summed E-state index contributed by atoms with van der Waals surface area (Å²) in [6, 6.07) is 7.74. The Bertz CT molecular complexity index is 414. The Balaban J connectivity index is 2.09. The molecule has 1 amide bonds. The summed E-state index contributed by atoms with van der Waals surface area (Å²) in [5, 5.41) is 0. The zero-order valence-corrected chi connectivity index (χ0v) is 10.8. The minimum atomic E-state index is -0.287. The number of carbonyl (C=O) groups excluding carboxylic acids is 1. The fourth-order valence-electron chi connectivity index (χ4n) is 2.17. The van der Waals surface area contributed by atoms with Crippen molar-refractivity contribution in [1.29, 1.82) is 0 Å². The van der Waals surface area contributed by atoms with Crippen LogP contribution in [0.25, 0.3) is 0 Å². The SMILES string of the molecule is CN(C(=O)C1CCCCO1)c1cccc(CN)c1. The van der Waals surface area contributed by atoms with Gasteiger partial charge in [-0.05, 0) is 37.0 Å². The summed E-state index contributed by atoms with van der Waals surface area (Å²) in [5.41, 5.74) is 7.51. The number of nitrogens with two attached hydrogens (primary N) is 1. The first-order valence-electron chi connectivity index (χ1n) is 6.40. The van der Waals surface area contributed by atoms with Crippen molar-refractivity contribution in [1.82, 2.24) is 0 Å². The third-order valence-corrected chi connectivity index (χ3v) is 3.32. The highest BCUT2D eigenvalue weighted by atomic mass is 16.5. The van der Waals surface area contributed by atoms with Gasteiger partial charge in [-0.3, -0.25) is 4.79 Å². The number of anilines is 1. The van der Waals surface area contributed by atoms with Crippen molar-refractivity contribution in [2.75, 3.05) is 18.6 Å². The maximum absolute atomic E-state index is 12.3. The van der Waals surface area contributed by atoms with Crippen molar-refractivity contribution < 1.29 is 9.53 Å². The largest absolute Gasteiger partial charge is 0.368 e. The van der Waals surface area contributed by atoms with Crippen LogP contribution >= 0.6 is 0 Å². The molecule has 0 aliphatic carbocycles. The van der Waals surface area contributed by atoms with Gasteiger partial charge in [-0.15, -0.1) is 0 Å². The van der Waals surface area contributed by atoms with Crippen LogP contribution in [0.15, 0.2) is 24.3 Å². The third kappa shape index (κ3) is 2.89. The van der Waals surface area contributed by atoms with E-state index in [2.05, 4.69) is 0 Å². The molecule has 1 unspecified atom stereocenters. The molecule has 0 aromatic heterocycles. The molecule has 2 N–H and O–H groups in total. The molecule has 98 valence electrons. The zero-order chi connectivity index (χ0) is 13.0. The molecule has 1 aliphatic rings. The lowest BCUT2D eigenvalue weighted by Crippen LogP contribution is -2.39. The highest BCUT2D eigenvalue weighted by molar-refractivity contribution is 5.96. The number of rotatable bonds is 3. The molecule has 4 nitrogen and oxygen atoms in total. The molecule has 1 aromatic rings. The van der Waals surface area contributed by atoms with E-state index in [0.717, 1.165) is 30.5 Å². The highest BCUT2D eigenvalue weighted by Gasteiger charge is 2.25. The van der Waals surface area contributed by atoms with E-state index in [1.807, 2.05) is 24.3 Å². The van der Waals surface area contributed by atoms with Gasteiger partial charge < -0.3 is 15.4 Å². The Kier molecular flexibility index (Phi) is 4.33. The average molecular weight is 248 g/mol. The molecule has 4 heteroatoms. The standard InChI is InChI=1S/C14H20N2O2/c1-16(12-6-4-5-11(9-12)10-15)14(17)13-7-2-3-8-18-13/h4-6,9,13H,2-3,7-8,10,15H2,1H3.